The number of rotatable bonds is 11. The second kappa shape index (κ2) is 12.0. The van der Waals surface area contributed by atoms with Gasteiger partial charge in [0.05, 0.1) is 18.1 Å². The summed E-state index contributed by atoms with van der Waals surface area (Å²) in [5, 5.41) is 6.35. The van der Waals surface area contributed by atoms with Gasteiger partial charge in [-0.15, -0.1) is 0 Å². The monoisotopic (exact) mass is 403 g/mol. The van der Waals surface area contributed by atoms with Crippen LogP contribution in [0.3, 0.4) is 0 Å². The molecular weight excluding hydrogens is 374 g/mol. The average Bonchev–Trinajstić information content (AvgIpc) is 2.69. The lowest BCUT2D eigenvalue weighted by atomic mass is 10.2. The third-order valence-corrected chi connectivity index (χ3v) is 5.55. The molecule has 0 fully saturated rings. The van der Waals surface area contributed by atoms with Crippen LogP contribution in [0.2, 0.25) is 0 Å². The quantitative estimate of drug-likeness (QED) is 0.343. The predicted molar refractivity (Wildman–Crippen MR) is 114 cm³/mol. The van der Waals surface area contributed by atoms with Crippen LogP contribution in [0.5, 0.6) is 5.75 Å². The van der Waals surface area contributed by atoms with Crippen LogP contribution in [-0.2, 0) is 15.6 Å². The molecule has 0 unspecified atom stereocenters. The Morgan fingerprint density at radius 1 is 1.00 bits per heavy atom. The van der Waals surface area contributed by atoms with Crippen molar-refractivity contribution < 1.29 is 13.2 Å². The highest BCUT2D eigenvalue weighted by molar-refractivity contribution is 7.90. The lowest BCUT2D eigenvalue weighted by Gasteiger charge is -2.12. The number of benzene rings is 2. The van der Waals surface area contributed by atoms with Crippen LogP contribution in [0.1, 0.15) is 18.9 Å². The molecule has 0 radical (unpaired) electrons. The first-order valence-corrected chi connectivity index (χ1v) is 11.4. The van der Waals surface area contributed by atoms with E-state index in [0.29, 0.717) is 32.1 Å². The number of hydrogen-bond acceptors (Lipinski definition) is 4. The van der Waals surface area contributed by atoms with Gasteiger partial charge in [-0.05, 0) is 31.0 Å². The van der Waals surface area contributed by atoms with E-state index in [9.17, 15) is 8.42 Å². The normalized spacial score (nSPS) is 11.8. The fourth-order valence-electron chi connectivity index (χ4n) is 2.57. The van der Waals surface area contributed by atoms with Gasteiger partial charge in [-0.1, -0.05) is 48.5 Å². The molecule has 6 nitrogen and oxygen atoms in total. The van der Waals surface area contributed by atoms with Gasteiger partial charge in [0.15, 0.2) is 15.8 Å². The zero-order chi connectivity index (χ0) is 20.1. The Labute approximate surface area is 168 Å². The molecular formula is C21H29N3O3S. The van der Waals surface area contributed by atoms with Crippen LogP contribution >= 0.6 is 0 Å². The maximum Gasteiger partial charge on any atom is 0.191 e. The van der Waals surface area contributed by atoms with Crippen molar-refractivity contribution in [3.63, 3.8) is 0 Å². The minimum absolute atomic E-state index is 0.0761. The smallest absolute Gasteiger partial charge is 0.191 e. The first-order chi connectivity index (χ1) is 13.6. The number of hydrogen-bond donors (Lipinski definition) is 2. The highest BCUT2D eigenvalue weighted by Gasteiger charge is 2.11. The summed E-state index contributed by atoms with van der Waals surface area (Å²) in [5.41, 5.74) is 0.819. The number of nitrogens with zero attached hydrogens (tertiary/aromatic N) is 1. The van der Waals surface area contributed by atoms with Gasteiger partial charge in [-0.3, -0.25) is 4.99 Å². The molecule has 2 aromatic carbocycles. The summed E-state index contributed by atoms with van der Waals surface area (Å²) >= 11 is 0. The molecule has 28 heavy (non-hydrogen) atoms. The van der Waals surface area contributed by atoms with Crippen LogP contribution < -0.4 is 15.4 Å². The summed E-state index contributed by atoms with van der Waals surface area (Å²) in [6.07, 6.45) is 0.492. The molecule has 2 aromatic rings. The highest BCUT2D eigenvalue weighted by atomic mass is 32.2. The lowest BCUT2D eigenvalue weighted by Crippen LogP contribution is -2.39. The first kappa shape index (κ1) is 21.8. The van der Waals surface area contributed by atoms with Crippen molar-refractivity contribution in [1.29, 1.82) is 0 Å². The fourth-order valence-corrected chi connectivity index (χ4v) is 3.99. The minimum atomic E-state index is -3.13. The van der Waals surface area contributed by atoms with Crippen molar-refractivity contribution in [2.45, 2.75) is 19.1 Å². The number of guanidine groups is 1. The molecule has 7 heteroatoms. The standard InChI is InChI=1S/C21H29N3O3S/c1-2-22-21(24-15-16-27-20-12-7-4-8-13-20)23-14-9-17-28(25,26)18-19-10-5-3-6-11-19/h3-8,10-13H,2,9,14-18H2,1H3,(H2,22,23,24). The number of ether oxygens (including phenoxy) is 1. The van der Waals surface area contributed by atoms with Crippen LogP contribution in [0.25, 0.3) is 0 Å². The largest absolute Gasteiger partial charge is 0.492 e. The van der Waals surface area contributed by atoms with Crippen LogP contribution in [0, 0.1) is 0 Å². The molecule has 152 valence electrons. The van der Waals surface area contributed by atoms with E-state index < -0.39 is 9.84 Å². The van der Waals surface area contributed by atoms with Crippen molar-refractivity contribution in [2.24, 2.45) is 4.99 Å². The van der Waals surface area contributed by atoms with E-state index in [0.717, 1.165) is 17.9 Å². The van der Waals surface area contributed by atoms with E-state index >= 15 is 0 Å². The van der Waals surface area contributed by atoms with Gasteiger partial charge in [0.25, 0.3) is 0 Å². The zero-order valence-electron chi connectivity index (χ0n) is 16.3. The summed E-state index contributed by atoms with van der Waals surface area (Å²) in [6.45, 7) is 4.29. The summed E-state index contributed by atoms with van der Waals surface area (Å²) in [4.78, 5) is 4.44. The predicted octanol–water partition coefficient (Wildman–Crippen LogP) is 2.63. The Hall–Kier alpha value is -2.54. The fraction of sp³-hybridized carbons (Fsp3) is 0.381. The molecule has 2 rings (SSSR count). The average molecular weight is 404 g/mol. The van der Waals surface area contributed by atoms with E-state index in [1.54, 1.807) is 0 Å². The molecule has 0 saturated heterocycles. The summed E-state index contributed by atoms with van der Waals surface area (Å²) < 4.78 is 30.1. The highest BCUT2D eigenvalue weighted by Crippen LogP contribution is 2.08. The maximum absolute atomic E-state index is 12.2. The van der Waals surface area contributed by atoms with E-state index in [4.69, 9.17) is 4.74 Å². The molecule has 0 spiro atoms. The van der Waals surface area contributed by atoms with Crippen LogP contribution in [-0.4, -0.2) is 46.4 Å². The van der Waals surface area contributed by atoms with E-state index in [-0.39, 0.29) is 11.5 Å². The molecule has 0 aliphatic carbocycles. The maximum atomic E-state index is 12.2. The van der Waals surface area contributed by atoms with Crippen molar-refractivity contribution in [2.75, 3.05) is 32.0 Å². The Balaban J connectivity index is 1.71. The molecule has 0 aliphatic heterocycles. The number of para-hydroxylation sites is 1. The van der Waals surface area contributed by atoms with Crippen molar-refractivity contribution in [3.05, 3.63) is 66.2 Å². The van der Waals surface area contributed by atoms with Crippen molar-refractivity contribution in [3.8, 4) is 5.75 Å². The van der Waals surface area contributed by atoms with E-state index in [1.165, 1.54) is 0 Å². The molecule has 0 atom stereocenters. The summed E-state index contributed by atoms with van der Waals surface area (Å²) in [6, 6.07) is 18.9. The third-order valence-electron chi connectivity index (χ3n) is 3.86. The van der Waals surface area contributed by atoms with Crippen molar-refractivity contribution in [1.82, 2.24) is 10.6 Å². The van der Waals surface area contributed by atoms with Gasteiger partial charge >= 0.3 is 0 Å². The Morgan fingerprint density at radius 3 is 2.36 bits per heavy atom. The van der Waals surface area contributed by atoms with E-state index in [2.05, 4.69) is 15.6 Å². The Morgan fingerprint density at radius 2 is 1.68 bits per heavy atom. The van der Waals surface area contributed by atoms with Gasteiger partial charge in [-0.2, -0.15) is 0 Å². The van der Waals surface area contributed by atoms with Crippen molar-refractivity contribution >= 4 is 15.8 Å². The lowest BCUT2D eigenvalue weighted by molar-refractivity contribution is 0.322. The SMILES string of the molecule is CCNC(=NCCCS(=O)(=O)Cc1ccccc1)NCCOc1ccccc1. The number of sulfone groups is 1. The number of aliphatic imine (C=N–C) groups is 1. The topological polar surface area (TPSA) is 79.8 Å². The molecule has 0 aliphatic rings. The van der Waals surface area contributed by atoms with Crippen LogP contribution in [0.15, 0.2) is 65.7 Å². The van der Waals surface area contributed by atoms with Gasteiger partial charge < -0.3 is 15.4 Å². The molecule has 0 aromatic heterocycles. The second-order valence-corrected chi connectivity index (χ2v) is 8.46. The van der Waals surface area contributed by atoms with Gasteiger partial charge in [0.2, 0.25) is 0 Å². The first-order valence-electron chi connectivity index (χ1n) is 9.53. The molecule has 0 heterocycles. The number of nitrogens with one attached hydrogen (secondary N) is 2. The molecule has 0 amide bonds. The Kier molecular flexibility index (Phi) is 9.34. The van der Waals surface area contributed by atoms with Gasteiger partial charge in [-0.25, -0.2) is 8.42 Å². The van der Waals surface area contributed by atoms with Gasteiger partial charge in [0, 0.05) is 13.1 Å². The molecule has 0 bridgehead atoms. The van der Waals surface area contributed by atoms with Crippen LogP contribution in [0.4, 0.5) is 0 Å². The Bertz CT molecular complexity index is 809. The molecule has 2 N–H and O–H groups in total. The minimum Gasteiger partial charge on any atom is -0.492 e. The second-order valence-electron chi connectivity index (χ2n) is 6.28. The summed E-state index contributed by atoms with van der Waals surface area (Å²) in [5.74, 6) is 1.70. The zero-order valence-corrected chi connectivity index (χ0v) is 17.1. The third kappa shape index (κ3) is 8.90. The summed E-state index contributed by atoms with van der Waals surface area (Å²) in [7, 11) is -3.13. The van der Waals surface area contributed by atoms with E-state index in [1.807, 2.05) is 67.6 Å². The molecule has 0 saturated carbocycles. The van der Waals surface area contributed by atoms with Gasteiger partial charge in [0.1, 0.15) is 12.4 Å².